The van der Waals surface area contributed by atoms with Crippen LogP contribution in [-0.2, 0) is 11.2 Å². The minimum atomic E-state index is -0.786. The van der Waals surface area contributed by atoms with Crippen molar-refractivity contribution >= 4 is 5.97 Å². The molecule has 0 aromatic heterocycles. The normalized spacial score (nSPS) is 14.9. The molecule has 0 aliphatic heterocycles. The van der Waals surface area contributed by atoms with E-state index in [0.717, 1.165) is 17.5 Å². The molecule has 0 spiro atoms. The summed E-state index contributed by atoms with van der Waals surface area (Å²) in [4.78, 5) is 11.1. The molecule has 0 amide bonds. The van der Waals surface area contributed by atoms with Crippen molar-refractivity contribution in [1.82, 2.24) is 5.32 Å². The number of hydrogen-bond donors (Lipinski definition) is 2. The summed E-state index contributed by atoms with van der Waals surface area (Å²) in [5, 5.41) is 12.7. The Labute approximate surface area is 138 Å². The predicted octanol–water partition coefficient (Wildman–Crippen LogP) is 4.16. The van der Waals surface area contributed by atoms with Crippen molar-refractivity contribution in [2.75, 3.05) is 0 Å². The molecule has 2 aromatic rings. The lowest BCUT2D eigenvalue weighted by Gasteiger charge is -2.21. The highest BCUT2D eigenvalue weighted by Gasteiger charge is 2.15. The van der Waals surface area contributed by atoms with Crippen LogP contribution in [0.15, 0.2) is 54.6 Å². The van der Waals surface area contributed by atoms with Crippen molar-refractivity contribution in [2.45, 2.75) is 45.2 Å². The van der Waals surface area contributed by atoms with E-state index < -0.39 is 11.9 Å². The Morgan fingerprint density at radius 1 is 1.00 bits per heavy atom. The van der Waals surface area contributed by atoms with Crippen LogP contribution in [-0.4, -0.2) is 17.1 Å². The van der Waals surface area contributed by atoms with Crippen molar-refractivity contribution in [3.05, 3.63) is 71.3 Å². The van der Waals surface area contributed by atoms with E-state index in [4.69, 9.17) is 5.11 Å². The van der Waals surface area contributed by atoms with E-state index in [-0.39, 0.29) is 6.04 Å². The van der Waals surface area contributed by atoms with Crippen molar-refractivity contribution < 1.29 is 9.90 Å². The smallest absolute Gasteiger partial charge is 0.310 e. The van der Waals surface area contributed by atoms with Gasteiger partial charge >= 0.3 is 5.97 Å². The van der Waals surface area contributed by atoms with Gasteiger partial charge in [-0.1, -0.05) is 54.6 Å². The summed E-state index contributed by atoms with van der Waals surface area (Å²) in [6.45, 7) is 6.04. The summed E-state index contributed by atoms with van der Waals surface area (Å²) < 4.78 is 0. The number of carboxylic acid groups (broad SMARTS) is 1. The van der Waals surface area contributed by atoms with Gasteiger partial charge in [-0.15, -0.1) is 0 Å². The number of carbonyl (C=O) groups is 1. The molecule has 2 aromatic carbocycles. The molecule has 0 heterocycles. The summed E-state index contributed by atoms with van der Waals surface area (Å²) in [6, 6.07) is 18.9. The molecule has 0 bridgehead atoms. The average molecular weight is 311 g/mol. The monoisotopic (exact) mass is 311 g/mol. The molecule has 23 heavy (non-hydrogen) atoms. The minimum absolute atomic E-state index is 0.285. The van der Waals surface area contributed by atoms with Crippen molar-refractivity contribution in [1.29, 1.82) is 0 Å². The first-order valence-electron chi connectivity index (χ1n) is 8.10. The molecule has 0 radical (unpaired) electrons. The van der Waals surface area contributed by atoms with Crippen LogP contribution in [0.1, 0.15) is 49.4 Å². The third-order valence-corrected chi connectivity index (χ3v) is 4.20. The van der Waals surface area contributed by atoms with Crippen molar-refractivity contribution in [3.8, 4) is 0 Å². The highest BCUT2D eigenvalue weighted by Crippen LogP contribution is 2.18. The van der Waals surface area contributed by atoms with Gasteiger partial charge in [0.25, 0.3) is 0 Å². The van der Waals surface area contributed by atoms with Gasteiger partial charge in [-0.3, -0.25) is 4.79 Å². The van der Waals surface area contributed by atoms with E-state index in [1.807, 2.05) is 24.3 Å². The van der Waals surface area contributed by atoms with Crippen LogP contribution in [0.3, 0.4) is 0 Å². The van der Waals surface area contributed by atoms with Gasteiger partial charge in [0.15, 0.2) is 0 Å². The second-order valence-corrected chi connectivity index (χ2v) is 6.21. The van der Waals surface area contributed by atoms with Gasteiger partial charge in [-0.25, -0.2) is 0 Å². The van der Waals surface area contributed by atoms with Gasteiger partial charge in [0.1, 0.15) is 0 Å². The second-order valence-electron chi connectivity index (χ2n) is 6.21. The predicted molar refractivity (Wildman–Crippen MR) is 93.7 cm³/mol. The first kappa shape index (κ1) is 17.2. The standard InChI is InChI=1S/C20H25NO2/c1-14(21-16(3)18-9-5-4-6-10-18)12-17-8-7-11-19(13-17)15(2)20(22)23/h4-11,13-16,21H,12H2,1-3H3,(H,22,23)/t14?,15?,16-/m1/s1. The van der Waals surface area contributed by atoms with Gasteiger partial charge in [0, 0.05) is 12.1 Å². The summed E-state index contributed by atoms with van der Waals surface area (Å²) in [7, 11) is 0. The lowest BCUT2D eigenvalue weighted by Crippen LogP contribution is -2.30. The number of rotatable bonds is 7. The molecule has 0 aliphatic rings. The molecule has 0 saturated heterocycles. The maximum Gasteiger partial charge on any atom is 0.310 e. The van der Waals surface area contributed by atoms with Crippen LogP contribution in [0.5, 0.6) is 0 Å². The van der Waals surface area contributed by atoms with Crippen LogP contribution < -0.4 is 5.32 Å². The zero-order chi connectivity index (χ0) is 16.8. The Kier molecular flexibility index (Phi) is 5.94. The van der Waals surface area contributed by atoms with E-state index in [1.54, 1.807) is 6.92 Å². The molecule has 3 nitrogen and oxygen atoms in total. The highest BCUT2D eigenvalue weighted by molar-refractivity contribution is 5.75. The Hall–Kier alpha value is -2.13. The summed E-state index contributed by atoms with van der Waals surface area (Å²) in [5.74, 6) is -1.26. The highest BCUT2D eigenvalue weighted by atomic mass is 16.4. The molecule has 3 heteroatoms. The zero-order valence-electron chi connectivity index (χ0n) is 14.0. The van der Waals surface area contributed by atoms with Crippen LogP contribution in [0, 0.1) is 0 Å². The van der Waals surface area contributed by atoms with Crippen LogP contribution in [0.2, 0.25) is 0 Å². The fraction of sp³-hybridized carbons (Fsp3) is 0.350. The van der Waals surface area contributed by atoms with Gasteiger partial charge in [-0.05, 0) is 43.9 Å². The summed E-state index contributed by atoms with van der Waals surface area (Å²) >= 11 is 0. The lowest BCUT2D eigenvalue weighted by atomic mass is 9.96. The molecule has 0 aliphatic carbocycles. The quantitative estimate of drug-likeness (QED) is 0.807. The van der Waals surface area contributed by atoms with Crippen molar-refractivity contribution in [3.63, 3.8) is 0 Å². The van der Waals surface area contributed by atoms with E-state index in [1.165, 1.54) is 5.56 Å². The molecule has 122 valence electrons. The Morgan fingerprint density at radius 3 is 2.30 bits per heavy atom. The number of aliphatic carboxylic acids is 1. The average Bonchev–Trinajstić information content (AvgIpc) is 2.55. The molecule has 0 saturated carbocycles. The Bertz CT molecular complexity index is 639. The Balaban J connectivity index is 1.99. The van der Waals surface area contributed by atoms with Gasteiger partial charge in [-0.2, -0.15) is 0 Å². The van der Waals surface area contributed by atoms with Crippen LogP contribution >= 0.6 is 0 Å². The third-order valence-electron chi connectivity index (χ3n) is 4.20. The zero-order valence-corrected chi connectivity index (χ0v) is 14.0. The first-order chi connectivity index (χ1) is 11.0. The molecule has 2 N–H and O–H groups in total. The van der Waals surface area contributed by atoms with Gasteiger partial charge < -0.3 is 10.4 Å². The van der Waals surface area contributed by atoms with Crippen LogP contribution in [0.25, 0.3) is 0 Å². The summed E-state index contributed by atoms with van der Waals surface area (Å²) in [6.07, 6.45) is 0.872. The van der Waals surface area contributed by atoms with Crippen molar-refractivity contribution in [2.24, 2.45) is 0 Å². The van der Waals surface area contributed by atoms with E-state index in [0.29, 0.717) is 6.04 Å². The van der Waals surface area contributed by atoms with Crippen LogP contribution in [0.4, 0.5) is 0 Å². The molecule has 0 fully saturated rings. The fourth-order valence-electron chi connectivity index (χ4n) is 2.81. The molecular weight excluding hydrogens is 286 g/mol. The largest absolute Gasteiger partial charge is 0.481 e. The van der Waals surface area contributed by atoms with E-state index in [9.17, 15) is 4.79 Å². The summed E-state index contributed by atoms with van der Waals surface area (Å²) in [5.41, 5.74) is 3.29. The molecule has 2 rings (SSSR count). The first-order valence-corrected chi connectivity index (χ1v) is 8.10. The SMILES string of the molecule is CC(Cc1cccc(C(C)C(=O)O)c1)N[C@H](C)c1ccccc1. The number of carboxylic acids is 1. The van der Waals surface area contributed by atoms with Gasteiger partial charge in [0.05, 0.1) is 5.92 Å². The topological polar surface area (TPSA) is 49.3 Å². The van der Waals surface area contributed by atoms with Gasteiger partial charge in [0.2, 0.25) is 0 Å². The number of hydrogen-bond acceptors (Lipinski definition) is 2. The second kappa shape index (κ2) is 7.93. The molecule has 2 unspecified atom stereocenters. The number of nitrogens with one attached hydrogen (secondary N) is 1. The van der Waals surface area contributed by atoms with E-state index >= 15 is 0 Å². The van der Waals surface area contributed by atoms with E-state index in [2.05, 4.69) is 49.5 Å². The lowest BCUT2D eigenvalue weighted by molar-refractivity contribution is -0.138. The Morgan fingerprint density at radius 2 is 1.65 bits per heavy atom. The maximum atomic E-state index is 11.1. The molecular formula is C20H25NO2. The third kappa shape index (κ3) is 4.93. The minimum Gasteiger partial charge on any atom is -0.481 e. The number of benzene rings is 2. The molecule has 3 atom stereocenters. The maximum absolute atomic E-state index is 11.1. The fourth-order valence-corrected chi connectivity index (χ4v) is 2.81.